The zero-order valence-electron chi connectivity index (χ0n) is 8.97. The summed E-state index contributed by atoms with van der Waals surface area (Å²) >= 11 is 0. The quantitative estimate of drug-likeness (QED) is 0.597. The summed E-state index contributed by atoms with van der Waals surface area (Å²) in [5, 5.41) is 0. The molecule has 0 bridgehead atoms. The van der Waals surface area contributed by atoms with Gasteiger partial charge in [-0.3, -0.25) is 0 Å². The lowest BCUT2D eigenvalue weighted by molar-refractivity contribution is 0.287. The van der Waals surface area contributed by atoms with E-state index in [1.165, 1.54) is 45.2 Å². The van der Waals surface area contributed by atoms with E-state index in [-0.39, 0.29) is 0 Å². The van der Waals surface area contributed by atoms with E-state index in [1.807, 2.05) is 0 Å². The van der Waals surface area contributed by atoms with Crippen LogP contribution in [0.25, 0.3) is 0 Å². The standard InChI is InChI=1S/C12H21N/c1-12(2)7-5-11(6-8-12)13-9-3-4-10-13/h5H,3-4,6-10H2,1-2H3. The Balaban J connectivity index is 1.98. The zero-order chi connectivity index (χ0) is 9.31. The molecular formula is C12H21N. The predicted octanol–water partition coefficient (Wildman–Crippen LogP) is 3.18. The van der Waals surface area contributed by atoms with Gasteiger partial charge in [-0.05, 0) is 37.5 Å². The minimum absolute atomic E-state index is 0.559. The molecule has 74 valence electrons. The van der Waals surface area contributed by atoms with Crippen LogP contribution in [0.5, 0.6) is 0 Å². The lowest BCUT2D eigenvalue weighted by Crippen LogP contribution is -2.24. The maximum Gasteiger partial charge on any atom is 0.0175 e. The smallest absolute Gasteiger partial charge is 0.0175 e. The summed E-state index contributed by atoms with van der Waals surface area (Å²) in [7, 11) is 0. The average Bonchev–Trinajstić information content (AvgIpc) is 2.56. The van der Waals surface area contributed by atoms with Gasteiger partial charge in [0.05, 0.1) is 0 Å². The average molecular weight is 179 g/mol. The fourth-order valence-electron chi connectivity index (χ4n) is 2.36. The molecule has 0 radical (unpaired) electrons. The Hall–Kier alpha value is -0.460. The number of hydrogen-bond donors (Lipinski definition) is 0. The normalized spacial score (nSPS) is 27.5. The Morgan fingerprint density at radius 3 is 2.46 bits per heavy atom. The van der Waals surface area contributed by atoms with Crippen molar-refractivity contribution >= 4 is 0 Å². The number of allylic oxidation sites excluding steroid dienone is 2. The lowest BCUT2D eigenvalue weighted by atomic mass is 9.80. The van der Waals surface area contributed by atoms with Gasteiger partial charge < -0.3 is 4.90 Å². The van der Waals surface area contributed by atoms with E-state index < -0.39 is 0 Å². The molecule has 1 aliphatic carbocycles. The van der Waals surface area contributed by atoms with Crippen molar-refractivity contribution in [1.82, 2.24) is 4.90 Å². The fourth-order valence-corrected chi connectivity index (χ4v) is 2.36. The second-order valence-corrected chi connectivity index (χ2v) is 5.26. The van der Waals surface area contributed by atoms with Gasteiger partial charge in [0, 0.05) is 18.8 Å². The summed E-state index contributed by atoms with van der Waals surface area (Å²) in [6.07, 6.45) is 9.25. The first-order valence-corrected chi connectivity index (χ1v) is 5.61. The molecule has 0 N–H and O–H groups in total. The van der Waals surface area contributed by atoms with Crippen LogP contribution < -0.4 is 0 Å². The van der Waals surface area contributed by atoms with E-state index in [2.05, 4.69) is 24.8 Å². The molecule has 2 aliphatic rings. The SMILES string of the molecule is CC1(C)CC=C(N2CCCC2)CC1. The van der Waals surface area contributed by atoms with Gasteiger partial charge in [0.1, 0.15) is 0 Å². The van der Waals surface area contributed by atoms with Gasteiger partial charge in [0.25, 0.3) is 0 Å². The molecule has 2 rings (SSSR count). The van der Waals surface area contributed by atoms with Crippen LogP contribution in [-0.4, -0.2) is 18.0 Å². The molecule has 0 aromatic carbocycles. The molecule has 0 amide bonds. The van der Waals surface area contributed by atoms with Crippen LogP contribution in [0.2, 0.25) is 0 Å². The summed E-state index contributed by atoms with van der Waals surface area (Å²) in [6.45, 7) is 7.38. The number of hydrogen-bond acceptors (Lipinski definition) is 1. The van der Waals surface area contributed by atoms with Crippen molar-refractivity contribution in [3.8, 4) is 0 Å². The molecule has 1 saturated heterocycles. The van der Waals surface area contributed by atoms with Crippen molar-refractivity contribution in [3.63, 3.8) is 0 Å². The predicted molar refractivity (Wildman–Crippen MR) is 56.5 cm³/mol. The summed E-state index contributed by atoms with van der Waals surface area (Å²) in [6, 6.07) is 0. The molecule has 1 fully saturated rings. The fraction of sp³-hybridized carbons (Fsp3) is 0.833. The third kappa shape index (κ3) is 2.07. The monoisotopic (exact) mass is 179 g/mol. The maximum atomic E-state index is 2.59. The maximum absolute atomic E-state index is 2.59. The zero-order valence-corrected chi connectivity index (χ0v) is 8.97. The molecule has 0 spiro atoms. The molecule has 0 atom stereocenters. The largest absolute Gasteiger partial charge is 0.375 e. The first kappa shape index (κ1) is 9.11. The Bertz CT molecular complexity index is 209. The third-order valence-electron chi connectivity index (χ3n) is 3.46. The van der Waals surface area contributed by atoms with E-state index in [4.69, 9.17) is 0 Å². The topological polar surface area (TPSA) is 3.24 Å². The highest BCUT2D eigenvalue weighted by Gasteiger charge is 2.24. The third-order valence-corrected chi connectivity index (χ3v) is 3.46. The molecule has 0 saturated carbocycles. The Kier molecular flexibility index (Phi) is 2.35. The first-order valence-electron chi connectivity index (χ1n) is 5.61. The van der Waals surface area contributed by atoms with Crippen LogP contribution in [0.3, 0.4) is 0 Å². The van der Waals surface area contributed by atoms with Gasteiger partial charge >= 0.3 is 0 Å². The summed E-state index contributed by atoms with van der Waals surface area (Å²) in [5.41, 5.74) is 2.19. The highest BCUT2D eigenvalue weighted by Crippen LogP contribution is 2.35. The molecule has 1 heteroatoms. The van der Waals surface area contributed by atoms with Gasteiger partial charge in [-0.25, -0.2) is 0 Å². The van der Waals surface area contributed by atoms with Crippen LogP contribution in [-0.2, 0) is 0 Å². The molecule has 0 unspecified atom stereocenters. The van der Waals surface area contributed by atoms with Gasteiger partial charge in [-0.15, -0.1) is 0 Å². The first-order chi connectivity index (χ1) is 6.17. The molecule has 1 heterocycles. The van der Waals surface area contributed by atoms with Crippen LogP contribution in [0.1, 0.15) is 46.0 Å². The van der Waals surface area contributed by atoms with E-state index in [0.717, 1.165) is 0 Å². The van der Waals surface area contributed by atoms with Gasteiger partial charge in [-0.1, -0.05) is 19.9 Å². The molecule has 13 heavy (non-hydrogen) atoms. The van der Waals surface area contributed by atoms with Crippen molar-refractivity contribution < 1.29 is 0 Å². The van der Waals surface area contributed by atoms with Gasteiger partial charge in [0.15, 0.2) is 0 Å². The van der Waals surface area contributed by atoms with Crippen molar-refractivity contribution in [3.05, 3.63) is 11.8 Å². The Morgan fingerprint density at radius 2 is 1.92 bits per heavy atom. The van der Waals surface area contributed by atoms with E-state index in [0.29, 0.717) is 5.41 Å². The molecule has 0 aromatic rings. The number of rotatable bonds is 1. The van der Waals surface area contributed by atoms with E-state index in [9.17, 15) is 0 Å². The molecule has 1 nitrogen and oxygen atoms in total. The van der Waals surface area contributed by atoms with Crippen molar-refractivity contribution in [1.29, 1.82) is 0 Å². The van der Waals surface area contributed by atoms with Crippen molar-refractivity contribution in [2.45, 2.75) is 46.0 Å². The minimum atomic E-state index is 0.559. The molecular weight excluding hydrogens is 158 g/mol. The van der Waals surface area contributed by atoms with Crippen LogP contribution in [0, 0.1) is 5.41 Å². The second kappa shape index (κ2) is 3.36. The second-order valence-electron chi connectivity index (χ2n) is 5.26. The summed E-state index contributed by atoms with van der Waals surface area (Å²) in [5.74, 6) is 0. The van der Waals surface area contributed by atoms with Crippen LogP contribution >= 0.6 is 0 Å². The van der Waals surface area contributed by atoms with Crippen molar-refractivity contribution in [2.75, 3.05) is 13.1 Å². The molecule has 0 aromatic heterocycles. The molecule has 1 aliphatic heterocycles. The van der Waals surface area contributed by atoms with Gasteiger partial charge in [0.2, 0.25) is 0 Å². The summed E-state index contributed by atoms with van der Waals surface area (Å²) in [4.78, 5) is 2.59. The number of likely N-dealkylation sites (tertiary alicyclic amines) is 1. The number of nitrogens with zero attached hydrogens (tertiary/aromatic N) is 1. The highest BCUT2D eigenvalue weighted by molar-refractivity contribution is 5.08. The minimum Gasteiger partial charge on any atom is -0.375 e. The van der Waals surface area contributed by atoms with Crippen LogP contribution in [0.4, 0.5) is 0 Å². The van der Waals surface area contributed by atoms with E-state index >= 15 is 0 Å². The van der Waals surface area contributed by atoms with Crippen LogP contribution in [0.15, 0.2) is 11.8 Å². The Labute approximate surface area is 81.8 Å². The van der Waals surface area contributed by atoms with Gasteiger partial charge in [-0.2, -0.15) is 0 Å². The highest BCUT2D eigenvalue weighted by atomic mass is 15.1. The Morgan fingerprint density at radius 1 is 1.23 bits per heavy atom. The van der Waals surface area contributed by atoms with Crippen molar-refractivity contribution in [2.24, 2.45) is 5.41 Å². The summed E-state index contributed by atoms with van der Waals surface area (Å²) < 4.78 is 0. The van der Waals surface area contributed by atoms with E-state index in [1.54, 1.807) is 5.70 Å². The lowest BCUT2D eigenvalue weighted by Gasteiger charge is -2.32.